The van der Waals surface area contributed by atoms with Crippen LogP contribution in [0.4, 0.5) is 5.69 Å². The molecule has 0 saturated carbocycles. The minimum atomic E-state index is -0.561. The monoisotopic (exact) mass is 219 g/mol. The first-order valence-corrected chi connectivity index (χ1v) is 4.15. The fourth-order valence-electron chi connectivity index (χ4n) is 0.966. The van der Waals surface area contributed by atoms with E-state index in [1.807, 2.05) is 0 Å². The van der Waals surface area contributed by atoms with E-state index in [0.29, 0.717) is 0 Å². The maximum atomic E-state index is 10.5. The highest BCUT2D eigenvalue weighted by Crippen LogP contribution is 2.21. The van der Waals surface area contributed by atoms with Crippen LogP contribution in [-0.2, 0) is 0 Å². The Bertz CT molecular complexity index is 504. The van der Waals surface area contributed by atoms with Gasteiger partial charge in [0.2, 0.25) is 0 Å². The summed E-state index contributed by atoms with van der Waals surface area (Å²) < 4.78 is 5.17. The zero-order chi connectivity index (χ0) is 11.4. The molecular weight excluding hydrogens is 214 g/mol. The highest BCUT2D eigenvalue weighted by molar-refractivity contribution is 5.35. The third-order valence-corrected chi connectivity index (χ3v) is 1.59. The molecule has 0 amide bonds. The van der Waals surface area contributed by atoms with Gasteiger partial charge >= 0.3 is 0 Å². The van der Waals surface area contributed by atoms with Crippen LogP contribution in [0.25, 0.3) is 0 Å². The SMILES string of the molecule is O=[N+]([O-])c1cncc(Oc2cncnn2)c1. The van der Waals surface area contributed by atoms with E-state index in [0.717, 1.165) is 6.20 Å². The number of pyridine rings is 1. The minimum Gasteiger partial charge on any atom is -0.434 e. The maximum absolute atomic E-state index is 10.5. The van der Waals surface area contributed by atoms with Crippen LogP contribution in [0.2, 0.25) is 0 Å². The summed E-state index contributed by atoms with van der Waals surface area (Å²) in [5.74, 6) is 0.348. The molecule has 0 aliphatic carbocycles. The van der Waals surface area contributed by atoms with Crippen LogP contribution in [-0.4, -0.2) is 25.1 Å². The molecule has 8 heteroatoms. The standard InChI is InChI=1S/C8H5N5O3/c14-13(15)6-1-7(3-9-2-6)16-8-4-10-5-11-12-8/h1-5H. The normalized spacial score (nSPS) is 9.75. The third kappa shape index (κ3) is 2.23. The van der Waals surface area contributed by atoms with Gasteiger partial charge in [-0.2, -0.15) is 0 Å². The van der Waals surface area contributed by atoms with E-state index in [1.54, 1.807) is 0 Å². The highest BCUT2D eigenvalue weighted by Gasteiger charge is 2.08. The van der Waals surface area contributed by atoms with Gasteiger partial charge in [-0.25, -0.2) is 4.98 Å². The van der Waals surface area contributed by atoms with Crippen molar-refractivity contribution in [3.8, 4) is 11.6 Å². The Morgan fingerprint density at radius 2 is 2.12 bits per heavy atom. The Kier molecular flexibility index (Phi) is 2.63. The summed E-state index contributed by atoms with van der Waals surface area (Å²) in [6, 6.07) is 1.24. The van der Waals surface area contributed by atoms with Crippen molar-refractivity contribution >= 4 is 5.69 Å². The number of ether oxygens (including phenoxy) is 1. The van der Waals surface area contributed by atoms with E-state index in [9.17, 15) is 10.1 Å². The van der Waals surface area contributed by atoms with Crippen molar-refractivity contribution in [2.45, 2.75) is 0 Å². The number of rotatable bonds is 3. The fourth-order valence-corrected chi connectivity index (χ4v) is 0.966. The maximum Gasteiger partial charge on any atom is 0.291 e. The van der Waals surface area contributed by atoms with E-state index in [2.05, 4.69) is 20.2 Å². The van der Waals surface area contributed by atoms with E-state index >= 15 is 0 Å². The van der Waals surface area contributed by atoms with Gasteiger partial charge in [-0.3, -0.25) is 15.1 Å². The highest BCUT2D eigenvalue weighted by atomic mass is 16.6. The first kappa shape index (κ1) is 9.90. The van der Waals surface area contributed by atoms with Crippen LogP contribution in [0.1, 0.15) is 0 Å². The number of hydrogen-bond donors (Lipinski definition) is 0. The van der Waals surface area contributed by atoms with Crippen molar-refractivity contribution in [2.75, 3.05) is 0 Å². The summed E-state index contributed by atoms with van der Waals surface area (Å²) in [4.78, 5) is 17.3. The molecule has 0 atom stereocenters. The molecular formula is C8H5N5O3. The van der Waals surface area contributed by atoms with Gasteiger partial charge in [0, 0.05) is 0 Å². The van der Waals surface area contributed by atoms with Crippen molar-refractivity contribution in [3.05, 3.63) is 41.1 Å². The van der Waals surface area contributed by atoms with Crippen LogP contribution in [0.3, 0.4) is 0 Å². The van der Waals surface area contributed by atoms with Gasteiger partial charge in [-0.05, 0) is 0 Å². The second-order valence-corrected chi connectivity index (χ2v) is 2.69. The minimum absolute atomic E-state index is 0.143. The smallest absolute Gasteiger partial charge is 0.291 e. The first-order chi connectivity index (χ1) is 7.75. The van der Waals surface area contributed by atoms with Gasteiger partial charge in [0.1, 0.15) is 12.5 Å². The molecule has 0 unspecified atom stereocenters. The van der Waals surface area contributed by atoms with Crippen molar-refractivity contribution in [1.82, 2.24) is 20.2 Å². The average Bonchev–Trinajstić information content (AvgIpc) is 2.30. The molecule has 80 valence electrons. The van der Waals surface area contributed by atoms with Crippen LogP contribution in [0, 0.1) is 10.1 Å². The van der Waals surface area contributed by atoms with Crippen LogP contribution < -0.4 is 4.74 Å². The van der Waals surface area contributed by atoms with Gasteiger partial charge in [-0.15, -0.1) is 10.2 Å². The Morgan fingerprint density at radius 3 is 2.81 bits per heavy atom. The molecule has 0 N–H and O–H groups in total. The lowest BCUT2D eigenvalue weighted by Crippen LogP contribution is -1.93. The molecule has 0 fully saturated rings. The lowest BCUT2D eigenvalue weighted by molar-refractivity contribution is -0.385. The molecule has 2 rings (SSSR count). The summed E-state index contributed by atoms with van der Waals surface area (Å²) in [7, 11) is 0. The van der Waals surface area contributed by atoms with Crippen molar-refractivity contribution < 1.29 is 9.66 Å². The second kappa shape index (κ2) is 4.26. The van der Waals surface area contributed by atoms with Gasteiger partial charge in [-0.1, -0.05) is 0 Å². The molecule has 2 heterocycles. The number of nitro groups is 1. The van der Waals surface area contributed by atoms with Crippen molar-refractivity contribution in [1.29, 1.82) is 0 Å². The molecule has 0 saturated heterocycles. The Hall–Kier alpha value is -2.64. The molecule has 16 heavy (non-hydrogen) atoms. The fraction of sp³-hybridized carbons (Fsp3) is 0. The summed E-state index contributed by atoms with van der Waals surface area (Å²) >= 11 is 0. The summed E-state index contributed by atoms with van der Waals surface area (Å²) in [5, 5.41) is 17.6. The number of aromatic nitrogens is 4. The molecule has 0 aromatic carbocycles. The largest absolute Gasteiger partial charge is 0.434 e. The zero-order valence-corrected chi connectivity index (χ0v) is 7.85. The summed E-state index contributed by atoms with van der Waals surface area (Å²) in [6.07, 6.45) is 5.05. The Balaban J connectivity index is 2.22. The Labute approximate surface area is 89.1 Å². The quantitative estimate of drug-likeness (QED) is 0.559. The molecule has 0 radical (unpaired) electrons. The lowest BCUT2D eigenvalue weighted by atomic mass is 10.4. The van der Waals surface area contributed by atoms with Crippen LogP contribution in [0.5, 0.6) is 11.6 Å². The van der Waals surface area contributed by atoms with Crippen molar-refractivity contribution in [3.63, 3.8) is 0 Å². The predicted octanol–water partition coefficient (Wildman–Crippen LogP) is 0.967. The van der Waals surface area contributed by atoms with Gasteiger partial charge in [0.25, 0.3) is 11.6 Å². The van der Waals surface area contributed by atoms with Gasteiger partial charge < -0.3 is 4.74 Å². The molecule has 8 nitrogen and oxygen atoms in total. The molecule has 0 spiro atoms. The number of nitrogens with zero attached hydrogens (tertiary/aromatic N) is 5. The predicted molar refractivity (Wildman–Crippen MR) is 50.8 cm³/mol. The van der Waals surface area contributed by atoms with E-state index in [1.165, 1.54) is 24.8 Å². The average molecular weight is 219 g/mol. The second-order valence-electron chi connectivity index (χ2n) is 2.69. The van der Waals surface area contributed by atoms with Crippen LogP contribution >= 0.6 is 0 Å². The van der Waals surface area contributed by atoms with Crippen LogP contribution in [0.15, 0.2) is 31.0 Å². The Morgan fingerprint density at radius 1 is 1.25 bits per heavy atom. The third-order valence-electron chi connectivity index (χ3n) is 1.59. The molecule has 0 aliphatic rings. The van der Waals surface area contributed by atoms with E-state index in [4.69, 9.17) is 4.74 Å². The summed E-state index contributed by atoms with van der Waals surface area (Å²) in [5.41, 5.74) is -0.158. The van der Waals surface area contributed by atoms with Gasteiger partial charge in [0.15, 0.2) is 5.75 Å². The van der Waals surface area contributed by atoms with Crippen molar-refractivity contribution in [2.24, 2.45) is 0 Å². The molecule has 2 aromatic rings. The molecule has 2 aromatic heterocycles. The lowest BCUT2D eigenvalue weighted by Gasteiger charge is -2.01. The first-order valence-electron chi connectivity index (χ1n) is 4.15. The molecule has 0 bridgehead atoms. The number of hydrogen-bond acceptors (Lipinski definition) is 7. The zero-order valence-electron chi connectivity index (χ0n) is 7.85. The summed E-state index contributed by atoms with van der Waals surface area (Å²) in [6.45, 7) is 0. The molecule has 0 aliphatic heterocycles. The van der Waals surface area contributed by atoms with E-state index < -0.39 is 4.92 Å². The topological polar surface area (TPSA) is 104 Å². The van der Waals surface area contributed by atoms with E-state index in [-0.39, 0.29) is 17.3 Å². The van der Waals surface area contributed by atoms with Gasteiger partial charge in [0.05, 0.1) is 23.4 Å².